The first-order valence-corrected chi connectivity index (χ1v) is 28.8. The van der Waals surface area contributed by atoms with E-state index in [4.69, 9.17) is 0 Å². The van der Waals surface area contributed by atoms with E-state index in [1.807, 2.05) is 119 Å². The molecule has 7 heterocycles. The Hall–Kier alpha value is -7.64. The van der Waals surface area contributed by atoms with E-state index in [0.717, 1.165) is 58.9 Å². The number of pyridine rings is 3. The normalized spacial score (nSPS) is 10.2. The SMILES string of the molecule is C1=Cc2ccccc2C1.CC(C)C.CC(C)C.CC(C)C.CC(C)C.CC(C)C.CC(C)C.c1ccc2ccccc2c1.c1ccc2ncccc2c1.c1ccn2cccc2c1.c1ccn2ccnc2c1.c1cnc2nccn2c1. The van der Waals surface area contributed by atoms with Gasteiger partial charge in [-0.3, -0.25) is 9.38 Å². The lowest BCUT2D eigenvalue weighted by Gasteiger charge is -1.93. The van der Waals surface area contributed by atoms with Crippen LogP contribution in [0.5, 0.6) is 0 Å². The lowest BCUT2D eigenvalue weighted by Crippen LogP contribution is -1.82. The Kier molecular flexibility index (Phi) is 38.1. The Bertz CT molecular complexity index is 2690. The van der Waals surface area contributed by atoms with Gasteiger partial charge in [0.1, 0.15) is 5.65 Å². The molecule has 7 aromatic heterocycles. The highest BCUT2D eigenvalue weighted by Gasteiger charge is 2.00. The molecule has 0 bridgehead atoms. The second-order valence-electron chi connectivity index (χ2n) is 22.9. The van der Waals surface area contributed by atoms with Gasteiger partial charge >= 0.3 is 0 Å². The summed E-state index contributed by atoms with van der Waals surface area (Å²) >= 11 is 0. The maximum absolute atomic E-state index is 4.18. The predicted molar refractivity (Wildman–Crippen MR) is 354 cm³/mol. The lowest BCUT2D eigenvalue weighted by atomic mass is 10.1. The number of nitrogens with zero attached hydrogens (tertiary/aromatic N) is 7. The number of allylic oxidation sites excluding steroid dienone is 1. The lowest BCUT2D eigenvalue weighted by molar-refractivity contribution is 0.736. The molecule has 4 aromatic carbocycles. The summed E-state index contributed by atoms with van der Waals surface area (Å²) in [6, 6.07) is 55.4. The van der Waals surface area contributed by atoms with Gasteiger partial charge in [0.25, 0.3) is 0 Å². The molecule has 0 N–H and O–H groups in total. The first-order valence-electron chi connectivity index (χ1n) is 28.8. The number of hydrogen-bond donors (Lipinski definition) is 0. The molecule has 7 nitrogen and oxygen atoms in total. The average Bonchev–Trinajstić information content (AvgIpc) is 4.27. The summed E-state index contributed by atoms with van der Waals surface area (Å²) in [5, 5.41) is 3.82. The molecule has 0 fully saturated rings. The van der Waals surface area contributed by atoms with Gasteiger partial charge < -0.3 is 8.80 Å². The second-order valence-corrected chi connectivity index (χ2v) is 22.9. The number of hydrogen-bond acceptors (Lipinski definition) is 4. The summed E-state index contributed by atoms with van der Waals surface area (Å²) < 4.78 is 5.92. The minimum atomic E-state index is 0.748. The van der Waals surface area contributed by atoms with Gasteiger partial charge in [-0.15, -0.1) is 0 Å². The number of fused-ring (bicyclic) bond motifs is 6. The topological polar surface area (TPSA) is 64.8 Å². The van der Waals surface area contributed by atoms with Gasteiger partial charge in [0, 0.05) is 72.9 Å². The monoisotopic (exact) mass is 1080 g/mol. The van der Waals surface area contributed by atoms with Crippen LogP contribution in [0, 0.1) is 35.5 Å². The summed E-state index contributed by atoms with van der Waals surface area (Å²) in [7, 11) is 0. The maximum Gasteiger partial charge on any atom is 0.233 e. The molecule has 0 radical (unpaired) electrons. The van der Waals surface area contributed by atoms with Gasteiger partial charge in [0.2, 0.25) is 5.78 Å². The van der Waals surface area contributed by atoms with Gasteiger partial charge in [-0.1, -0.05) is 246 Å². The van der Waals surface area contributed by atoms with Gasteiger partial charge in [-0.05, 0) is 118 Å². The zero-order valence-corrected chi connectivity index (χ0v) is 52.3. The van der Waals surface area contributed by atoms with Crippen LogP contribution in [0.2, 0.25) is 0 Å². The largest absolute Gasteiger partial charge is 0.324 e. The van der Waals surface area contributed by atoms with Crippen molar-refractivity contribution in [2.24, 2.45) is 35.5 Å². The van der Waals surface area contributed by atoms with Crippen molar-refractivity contribution in [3.8, 4) is 0 Å². The molecule has 0 spiro atoms. The Morgan fingerprint density at radius 1 is 0.312 bits per heavy atom. The van der Waals surface area contributed by atoms with Gasteiger partial charge in [-0.25, -0.2) is 15.0 Å². The zero-order valence-electron chi connectivity index (χ0n) is 52.3. The Balaban J connectivity index is 0.000000446. The van der Waals surface area contributed by atoms with E-state index < -0.39 is 0 Å². The fourth-order valence-electron chi connectivity index (χ4n) is 5.95. The molecule has 0 amide bonds. The van der Waals surface area contributed by atoms with Gasteiger partial charge in [-0.2, -0.15) is 0 Å². The number of imidazole rings is 2. The van der Waals surface area contributed by atoms with Crippen molar-refractivity contribution in [2.45, 2.75) is 131 Å². The van der Waals surface area contributed by atoms with Crippen LogP contribution in [0.25, 0.3) is 44.7 Å². The maximum atomic E-state index is 4.18. The van der Waals surface area contributed by atoms with E-state index in [0.29, 0.717) is 0 Å². The summed E-state index contributed by atoms with van der Waals surface area (Å²) in [6.45, 7) is 39.0. The molecule has 7 heteroatoms. The first-order chi connectivity index (χ1) is 38.2. The van der Waals surface area contributed by atoms with Crippen LogP contribution < -0.4 is 0 Å². The van der Waals surface area contributed by atoms with E-state index in [-0.39, 0.29) is 0 Å². The molecule has 428 valence electrons. The van der Waals surface area contributed by atoms with Gasteiger partial charge in [0.15, 0.2) is 0 Å². The molecule has 0 unspecified atom stereocenters. The van der Waals surface area contributed by atoms with Crippen LogP contribution in [0.1, 0.15) is 136 Å². The summed E-state index contributed by atoms with van der Waals surface area (Å²) in [4.78, 5) is 16.2. The zero-order chi connectivity index (χ0) is 59.5. The first kappa shape index (κ1) is 70.4. The Morgan fingerprint density at radius 3 is 1.24 bits per heavy atom. The highest BCUT2D eigenvalue weighted by Crippen LogP contribution is 2.17. The number of aromatic nitrogens is 7. The van der Waals surface area contributed by atoms with Crippen molar-refractivity contribution in [1.82, 2.24) is 33.1 Å². The van der Waals surface area contributed by atoms with Crippen molar-refractivity contribution < 1.29 is 0 Å². The van der Waals surface area contributed by atoms with Crippen molar-refractivity contribution >= 4 is 44.7 Å². The number of benzene rings is 4. The van der Waals surface area contributed by atoms with E-state index in [1.165, 1.54) is 32.8 Å². The standard InChI is InChI=1S/C10H8.C9H7N.C9H8.C8H7N.C7H6N2.C6H5N3.6C4H10/c1-2-6-10-8-4-3-7-9(10)5-1;1-2-6-9-8(4-1)5-3-7-10-9;1-2-5-9-7-3-6-8(9)4-1;1-2-6-9-7-3-5-8(9)4-1;1-2-5-9-6-4-8-7(9)3-1;1-2-7-6-8-3-5-9(6)4-1;6*1-4(2)3/h1-8H;1-7H;1-6H,7H2;1-7H;1-6H;1-5H;6*4H,1-3H3. The molecule has 0 aliphatic heterocycles. The van der Waals surface area contributed by atoms with E-state index >= 15 is 0 Å². The third-order valence-corrected chi connectivity index (χ3v) is 8.77. The van der Waals surface area contributed by atoms with Crippen LogP contribution >= 0.6 is 0 Å². The fourth-order valence-corrected chi connectivity index (χ4v) is 5.95. The molecule has 0 saturated heterocycles. The number of para-hydroxylation sites is 1. The van der Waals surface area contributed by atoms with Crippen LogP contribution in [0.3, 0.4) is 0 Å². The Labute approximate surface area is 485 Å². The smallest absolute Gasteiger partial charge is 0.233 e. The van der Waals surface area contributed by atoms with E-state index in [1.54, 1.807) is 18.6 Å². The minimum Gasteiger partial charge on any atom is -0.324 e. The van der Waals surface area contributed by atoms with Crippen LogP contribution in [0.4, 0.5) is 0 Å². The molecular weight excluding hydrogens is 975 g/mol. The van der Waals surface area contributed by atoms with E-state index in [2.05, 4.69) is 258 Å². The third kappa shape index (κ3) is 36.5. The Morgan fingerprint density at radius 2 is 0.713 bits per heavy atom. The van der Waals surface area contributed by atoms with E-state index in [9.17, 15) is 0 Å². The molecule has 0 saturated carbocycles. The van der Waals surface area contributed by atoms with Crippen molar-refractivity contribution in [3.63, 3.8) is 0 Å². The van der Waals surface area contributed by atoms with Crippen LogP contribution in [-0.2, 0) is 6.42 Å². The molecule has 0 atom stereocenters. The fraction of sp³-hybridized carbons (Fsp3) is 0.342. The van der Waals surface area contributed by atoms with Crippen molar-refractivity contribution in [1.29, 1.82) is 0 Å². The third-order valence-electron chi connectivity index (χ3n) is 8.77. The highest BCUT2D eigenvalue weighted by atomic mass is 15.1. The summed E-state index contributed by atoms with van der Waals surface area (Å²) in [6.07, 6.45) is 24.3. The average molecular weight is 1080 g/mol. The van der Waals surface area contributed by atoms with Crippen molar-refractivity contribution in [2.75, 3.05) is 0 Å². The molecule has 1 aliphatic rings. The predicted octanol–water partition coefficient (Wildman–Crippen LogP) is 21.3. The van der Waals surface area contributed by atoms with Crippen LogP contribution in [-0.4, -0.2) is 33.1 Å². The highest BCUT2D eigenvalue weighted by molar-refractivity contribution is 5.82. The minimum absolute atomic E-state index is 0.748. The summed E-state index contributed by atoms with van der Waals surface area (Å²) in [5.41, 5.74) is 6.15. The second kappa shape index (κ2) is 43.3. The van der Waals surface area contributed by atoms with Crippen molar-refractivity contribution in [3.05, 3.63) is 243 Å². The number of rotatable bonds is 0. The quantitative estimate of drug-likeness (QED) is 0.152. The molecule has 12 rings (SSSR count). The molecule has 80 heavy (non-hydrogen) atoms. The summed E-state index contributed by atoms with van der Waals surface area (Å²) in [5.74, 6) is 5.75. The molecule has 1 aliphatic carbocycles. The van der Waals surface area contributed by atoms with Crippen LogP contribution in [0.15, 0.2) is 232 Å². The van der Waals surface area contributed by atoms with Gasteiger partial charge in [0.05, 0.1) is 5.52 Å². The molecule has 11 aromatic rings. The molecular formula is C73H101N7.